The molecule has 21 heavy (non-hydrogen) atoms. The molecule has 3 rings (SSSR count). The number of fused-ring (bicyclic) bond motifs is 1. The smallest absolute Gasteiger partial charge is 0.131 e. The fourth-order valence-electron chi connectivity index (χ4n) is 2.62. The Morgan fingerprint density at radius 3 is 2.14 bits per heavy atom. The Bertz CT molecular complexity index is 761. The summed E-state index contributed by atoms with van der Waals surface area (Å²) in [4.78, 5) is 0. The second-order valence-corrected chi connectivity index (χ2v) is 4.80. The van der Waals surface area contributed by atoms with Crippen molar-refractivity contribution < 1.29 is 8.78 Å². The third kappa shape index (κ3) is 2.39. The van der Waals surface area contributed by atoms with E-state index in [2.05, 4.69) is 5.43 Å². The Hall–Kier alpha value is -2.30. The molecule has 3 aromatic rings. The van der Waals surface area contributed by atoms with Crippen molar-refractivity contribution in [3.63, 3.8) is 0 Å². The van der Waals surface area contributed by atoms with Gasteiger partial charge in [-0.3, -0.25) is 5.84 Å². The van der Waals surface area contributed by atoms with Crippen LogP contribution in [0.2, 0.25) is 0 Å². The van der Waals surface area contributed by atoms with Crippen molar-refractivity contribution in [3.05, 3.63) is 83.4 Å². The Labute approximate surface area is 121 Å². The molecule has 1 unspecified atom stereocenters. The summed E-state index contributed by atoms with van der Waals surface area (Å²) in [7, 11) is 0. The molecule has 0 saturated carbocycles. The molecule has 0 aliphatic rings. The largest absolute Gasteiger partial charge is 0.271 e. The van der Waals surface area contributed by atoms with E-state index in [0.29, 0.717) is 0 Å². The fraction of sp³-hybridized carbons (Fsp3) is 0.0588. The number of benzene rings is 3. The molecule has 2 nitrogen and oxygen atoms in total. The van der Waals surface area contributed by atoms with Gasteiger partial charge in [-0.05, 0) is 28.5 Å². The minimum absolute atomic E-state index is 0.0728. The molecule has 0 aromatic heterocycles. The van der Waals surface area contributed by atoms with Crippen LogP contribution >= 0.6 is 0 Å². The van der Waals surface area contributed by atoms with Crippen LogP contribution in [0.4, 0.5) is 8.78 Å². The standard InChI is InChI=1S/C17H14F2N2/c18-14-9-4-10-15(19)16(14)17(21-20)13-8-3-6-11-5-1-2-7-12(11)13/h1-10,17,21H,20H2. The molecule has 0 aliphatic carbocycles. The predicted molar refractivity (Wildman–Crippen MR) is 79.5 cm³/mol. The number of hydrazine groups is 1. The van der Waals surface area contributed by atoms with E-state index >= 15 is 0 Å². The minimum Gasteiger partial charge on any atom is -0.271 e. The lowest BCUT2D eigenvalue weighted by atomic mass is 9.93. The van der Waals surface area contributed by atoms with Gasteiger partial charge in [0.2, 0.25) is 0 Å². The van der Waals surface area contributed by atoms with E-state index in [4.69, 9.17) is 5.84 Å². The summed E-state index contributed by atoms with van der Waals surface area (Å²) < 4.78 is 28.1. The first kappa shape index (κ1) is 13.7. The maximum absolute atomic E-state index is 14.0. The molecule has 106 valence electrons. The van der Waals surface area contributed by atoms with Crippen LogP contribution < -0.4 is 11.3 Å². The number of hydrogen-bond acceptors (Lipinski definition) is 2. The number of hydrogen-bond donors (Lipinski definition) is 2. The number of nitrogens with one attached hydrogen (secondary N) is 1. The molecule has 4 heteroatoms. The van der Waals surface area contributed by atoms with Crippen LogP contribution in [-0.4, -0.2) is 0 Å². The van der Waals surface area contributed by atoms with Crippen LogP contribution in [0.15, 0.2) is 60.7 Å². The highest BCUT2D eigenvalue weighted by atomic mass is 19.1. The van der Waals surface area contributed by atoms with Crippen LogP contribution in [0, 0.1) is 11.6 Å². The van der Waals surface area contributed by atoms with Gasteiger partial charge in [-0.1, -0.05) is 48.5 Å². The average Bonchev–Trinajstić information content (AvgIpc) is 2.51. The van der Waals surface area contributed by atoms with Crippen molar-refractivity contribution in [2.45, 2.75) is 6.04 Å². The zero-order valence-corrected chi connectivity index (χ0v) is 11.2. The van der Waals surface area contributed by atoms with E-state index in [1.807, 2.05) is 42.5 Å². The first-order chi connectivity index (χ1) is 10.2. The number of nitrogens with two attached hydrogens (primary N) is 1. The van der Waals surface area contributed by atoms with E-state index in [1.165, 1.54) is 18.2 Å². The summed E-state index contributed by atoms with van der Waals surface area (Å²) in [5.74, 6) is 4.34. The fourth-order valence-corrected chi connectivity index (χ4v) is 2.62. The van der Waals surface area contributed by atoms with Gasteiger partial charge in [0.25, 0.3) is 0 Å². The van der Waals surface area contributed by atoms with Gasteiger partial charge in [-0.2, -0.15) is 0 Å². The first-order valence-electron chi connectivity index (χ1n) is 6.60. The van der Waals surface area contributed by atoms with Gasteiger partial charge >= 0.3 is 0 Å². The van der Waals surface area contributed by atoms with Crippen molar-refractivity contribution in [2.75, 3.05) is 0 Å². The zero-order valence-electron chi connectivity index (χ0n) is 11.2. The molecule has 3 N–H and O–H groups in total. The highest BCUT2D eigenvalue weighted by Crippen LogP contribution is 2.31. The minimum atomic E-state index is -0.753. The van der Waals surface area contributed by atoms with E-state index in [1.54, 1.807) is 0 Å². The molecule has 0 saturated heterocycles. The van der Waals surface area contributed by atoms with E-state index in [0.717, 1.165) is 16.3 Å². The maximum atomic E-state index is 14.0. The molecular formula is C17H14F2N2. The van der Waals surface area contributed by atoms with Gasteiger partial charge in [0, 0.05) is 5.56 Å². The first-order valence-corrected chi connectivity index (χ1v) is 6.60. The highest BCUT2D eigenvalue weighted by molar-refractivity contribution is 5.86. The van der Waals surface area contributed by atoms with Gasteiger partial charge in [0.15, 0.2) is 0 Å². The molecule has 0 amide bonds. The van der Waals surface area contributed by atoms with Gasteiger partial charge in [-0.15, -0.1) is 0 Å². The van der Waals surface area contributed by atoms with Crippen molar-refractivity contribution in [2.24, 2.45) is 5.84 Å². The lowest BCUT2D eigenvalue weighted by Gasteiger charge is -2.20. The van der Waals surface area contributed by atoms with Crippen molar-refractivity contribution >= 4 is 10.8 Å². The Morgan fingerprint density at radius 2 is 1.43 bits per heavy atom. The number of halogens is 2. The van der Waals surface area contributed by atoms with Crippen LogP contribution in [0.3, 0.4) is 0 Å². The summed E-state index contributed by atoms with van der Waals surface area (Å²) >= 11 is 0. The van der Waals surface area contributed by atoms with E-state index in [9.17, 15) is 8.78 Å². The van der Waals surface area contributed by atoms with Crippen molar-refractivity contribution in [1.29, 1.82) is 0 Å². The molecule has 0 spiro atoms. The SMILES string of the molecule is NNC(c1c(F)cccc1F)c1cccc2ccccc12. The second-order valence-electron chi connectivity index (χ2n) is 4.80. The second kappa shape index (κ2) is 5.60. The molecule has 0 fully saturated rings. The maximum Gasteiger partial charge on any atom is 0.131 e. The third-order valence-electron chi connectivity index (χ3n) is 3.59. The van der Waals surface area contributed by atoms with Crippen LogP contribution in [0.1, 0.15) is 17.2 Å². The van der Waals surface area contributed by atoms with E-state index < -0.39 is 17.7 Å². The van der Waals surface area contributed by atoms with Crippen LogP contribution in [0.25, 0.3) is 10.8 Å². The van der Waals surface area contributed by atoms with Gasteiger partial charge in [0.05, 0.1) is 6.04 Å². The lowest BCUT2D eigenvalue weighted by molar-refractivity contribution is 0.512. The van der Waals surface area contributed by atoms with Gasteiger partial charge in [0.1, 0.15) is 11.6 Å². The van der Waals surface area contributed by atoms with Gasteiger partial charge < -0.3 is 0 Å². The summed E-state index contributed by atoms with van der Waals surface area (Å²) in [6.07, 6.45) is 0. The molecular weight excluding hydrogens is 270 g/mol. The molecule has 3 aromatic carbocycles. The number of rotatable bonds is 3. The monoisotopic (exact) mass is 284 g/mol. The topological polar surface area (TPSA) is 38.0 Å². The summed E-state index contributed by atoms with van der Waals surface area (Å²) in [6, 6.07) is 16.3. The predicted octanol–water partition coefficient (Wildman–Crippen LogP) is 3.67. The zero-order chi connectivity index (χ0) is 14.8. The van der Waals surface area contributed by atoms with Crippen LogP contribution in [-0.2, 0) is 0 Å². The van der Waals surface area contributed by atoms with E-state index in [-0.39, 0.29) is 5.56 Å². The summed E-state index contributed by atoms with van der Waals surface area (Å²) in [6.45, 7) is 0. The highest BCUT2D eigenvalue weighted by Gasteiger charge is 2.22. The normalized spacial score (nSPS) is 12.5. The Balaban J connectivity index is 2.24. The van der Waals surface area contributed by atoms with Crippen molar-refractivity contribution in [1.82, 2.24) is 5.43 Å². The molecule has 0 radical (unpaired) electrons. The van der Waals surface area contributed by atoms with Crippen molar-refractivity contribution in [3.8, 4) is 0 Å². The Kier molecular flexibility index (Phi) is 3.64. The molecule has 1 atom stereocenters. The molecule has 0 aliphatic heterocycles. The molecule has 0 heterocycles. The lowest BCUT2D eigenvalue weighted by Crippen LogP contribution is -2.30. The molecule has 0 bridgehead atoms. The van der Waals surface area contributed by atoms with Gasteiger partial charge in [-0.25, -0.2) is 14.2 Å². The third-order valence-corrected chi connectivity index (χ3v) is 3.59. The summed E-state index contributed by atoms with van der Waals surface area (Å²) in [5, 5.41) is 1.90. The Morgan fingerprint density at radius 1 is 0.810 bits per heavy atom. The quantitative estimate of drug-likeness (QED) is 0.569. The van der Waals surface area contributed by atoms with Crippen LogP contribution in [0.5, 0.6) is 0 Å². The average molecular weight is 284 g/mol. The summed E-state index contributed by atoms with van der Waals surface area (Å²) in [5.41, 5.74) is 3.19.